The first-order valence-electron chi connectivity index (χ1n) is 5.34. The maximum atomic E-state index is 11.0. The average Bonchev–Trinajstić information content (AvgIpc) is 2.39. The number of carbonyl (C=O) groups is 1. The number of rotatable bonds is 2. The van der Waals surface area contributed by atoms with Crippen LogP contribution in [0.2, 0.25) is 5.02 Å². The van der Waals surface area contributed by atoms with Crippen LogP contribution in [-0.4, -0.2) is 17.0 Å². The molecule has 0 fully saturated rings. The Balaban J connectivity index is 2.44. The Morgan fingerprint density at radius 2 is 2.26 bits per heavy atom. The van der Waals surface area contributed by atoms with Crippen LogP contribution in [0.1, 0.15) is 11.6 Å². The molecule has 1 atom stereocenters. The lowest BCUT2D eigenvalue weighted by atomic mass is 9.90. The summed E-state index contributed by atoms with van der Waals surface area (Å²) in [7, 11) is 0. The zero-order valence-corrected chi connectivity index (χ0v) is 10.4. The molecule has 1 heterocycles. The quantitative estimate of drug-likeness (QED) is 0.839. The molecule has 0 aliphatic heterocycles. The molecule has 0 saturated carbocycles. The lowest BCUT2D eigenvalue weighted by molar-refractivity contribution is 0.182. The molecule has 0 bridgehead atoms. The van der Waals surface area contributed by atoms with E-state index in [2.05, 4.69) is 4.98 Å². The number of carbonyl (C=O) groups excluding carboxylic acids is 2. The van der Waals surface area contributed by atoms with E-state index in [0.29, 0.717) is 16.3 Å². The van der Waals surface area contributed by atoms with Crippen molar-refractivity contribution in [3.8, 4) is 0 Å². The van der Waals surface area contributed by atoms with E-state index in [9.17, 15) is 9.59 Å². The number of pyridine rings is 1. The predicted molar refractivity (Wildman–Crippen MR) is 69.1 cm³/mol. The van der Waals surface area contributed by atoms with Gasteiger partial charge in [-0.3, -0.25) is 4.98 Å². The van der Waals surface area contributed by atoms with Gasteiger partial charge in [0.2, 0.25) is 0 Å². The summed E-state index contributed by atoms with van der Waals surface area (Å²) < 4.78 is 4.90. The van der Waals surface area contributed by atoms with Gasteiger partial charge in [-0.25, -0.2) is 9.59 Å². The van der Waals surface area contributed by atoms with Crippen molar-refractivity contribution >= 4 is 23.6 Å². The number of amides is 1. The molecule has 0 spiro atoms. The first-order chi connectivity index (χ1) is 9.11. The van der Waals surface area contributed by atoms with Crippen molar-refractivity contribution in [1.29, 1.82) is 0 Å². The number of hydrogen-bond acceptors (Lipinski definition) is 4. The Hall–Kier alpha value is -2.36. The summed E-state index contributed by atoms with van der Waals surface area (Å²) in [6.45, 7) is 0. The maximum absolute atomic E-state index is 11.0. The second kappa shape index (κ2) is 5.52. The van der Waals surface area contributed by atoms with Crippen molar-refractivity contribution < 1.29 is 14.3 Å². The summed E-state index contributed by atoms with van der Waals surface area (Å²) in [4.78, 5) is 26.0. The lowest BCUT2D eigenvalue weighted by Gasteiger charge is -2.20. The van der Waals surface area contributed by atoms with Gasteiger partial charge in [0.1, 0.15) is 11.7 Å². The first-order valence-corrected chi connectivity index (χ1v) is 5.71. The van der Waals surface area contributed by atoms with Crippen LogP contribution in [0.5, 0.6) is 0 Å². The van der Waals surface area contributed by atoms with Crippen molar-refractivity contribution in [2.24, 2.45) is 5.73 Å². The number of allylic oxidation sites excluding steroid dienone is 4. The van der Waals surface area contributed by atoms with Crippen molar-refractivity contribution in [3.63, 3.8) is 0 Å². The smallest absolute Gasteiger partial charge is 0.409 e. The van der Waals surface area contributed by atoms with Crippen LogP contribution in [0.15, 0.2) is 47.9 Å². The van der Waals surface area contributed by atoms with Crippen LogP contribution in [-0.2, 0) is 9.53 Å². The van der Waals surface area contributed by atoms with Gasteiger partial charge in [-0.1, -0.05) is 17.7 Å². The molecule has 96 valence electrons. The van der Waals surface area contributed by atoms with E-state index in [-0.39, 0.29) is 5.76 Å². The highest BCUT2D eigenvalue weighted by atomic mass is 35.5. The summed E-state index contributed by atoms with van der Waals surface area (Å²) >= 11 is 5.76. The Kier molecular flexibility index (Phi) is 3.80. The van der Waals surface area contributed by atoms with E-state index in [4.69, 9.17) is 22.1 Å². The number of nitrogens with zero attached hydrogens (tertiary/aromatic N) is 1. The highest BCUT2D eigenvalue weighted by molar-refractivity contribution is 6.30. The molecular weight excluding hydrogens is 268 g/mol. The van der Waals surface area contributed by atoms with Crippen LogP contribution < -0.4 is 5.73 Å². The van der Waals surface area contributed by atoms with E-state index >= 15 is 0 Å². The van der Waals surface area contributed by atoms with Crippen LogP contribution in [0.25, 0.3) is 0 Å². The van der Waals surface area contributed by atoms with Gasteiger partial charge < -0.3 is 10.5 Å². The molecule has 1 aromatic heterocycles. The molecule has 0 aromatic carbocycles. The highest BCUT2D eigenvalue weighted by Gasteiger charge is 2.27. The normalized spacial score (nSPS) is 17.6. The van der Waals surface area contributed by atoms with E-state index in [1.54, 1.807) is 36.3 Å². The minimum absolute atomic E-state index is 0.225. The van der Waals surface area contributed by atoms with Gasteiger partial charge in [0.15, 0.2) is 0 Å². The van der Waals surface area contributed by atoms with Gasteiger partial charge >= 0.3 is 6.09 Å². The number of halogens is 1. The molecule has 1 aliphatic rings. The van der Waals surface area contributed by atoms with Gasteiger partial charge in [0.25, 0.3) is 0 Å². The Morgan fingerprint density at radius 1 is 1.47 bits per heavy atom. The van der Waals surface area contributed by atoms with Crippen molar-refractivity contribution in [2.45, 2.75) is 5.92 Å². The molecule has 0 radical (unpaired) electrons. The highest BCUT2D eigenvalue weighted by Crippen LogP contribution is 2.33. The minimum atomic E-state index is -0.953. The Morgan fingerprint density at radius 3 is 2.84 bits per heavy atom. The molecule has 6 heteroatoms. The number of hydrogen-bond donors (Lipinski definition) is 1. The fourth-order valence-corrected chi connectivity index (χ4v) is 1.87. The second-order valence-corrected chi connectivity index (χ2v) is 4.18. The molecule has 1 aromatic rings. The molecule has 1 amide bonds. The fraction of sp³-hybridized carbons (Fsp3) is 0.0769. The van der Waals surface area contributed by atoms with Crippen molar-refractivity contribution in [1.82, 2.24) is 4.98 Å². The monoisotopic (exact) mass is 276 g/mol. The van der Waals surface area contributed by atoms with E-state index < -0.39 is 12.0 Å². The summed E-state index contributed by atoms with van der Waals surface area (Å²) in [5, 5.41) is 0.466. The van der Waals surface area contributed by atoms with Gasteiger partial charge in [-0.2, -0.15) is 0 Å². The molecular formula is C13H9ClN2O3. The maximum Gasteiger partial charge on any atom is 0.409 e. The summed E-state index contributed by atoms with van der Waals surface area (Å²) in [6, 6.07) is 3.27. The van der Waals surface area contributed by atoms with Crippen LogP contribution in [0, 0.1) is 0 Å². The SMILES string of the molecule is NC(=O)OC1=CC=CC(=C=O)C1c1ccc(Cl)cn1. The largest absolute Gasteiger partial charge is 0.414 e. The molecule has 1 unspecified atom stereocenters. The van der Waals surface area contributed by atoms with E-state index in [0.717, 1.165) is 0 Å². The zero-order valence-electron chi connectivity index (χ0n) is 9.67. The van der Waals surface area contributed by atoms with Crippen LogP contribution in [0.3, 0.4) is 0 Å². The third-order valence-corrected chi connectivity index (χ3v) is 2.74. The number of aromatic nitrogens is 1. The topological polar surface area (TPSA) is 82.3 Å². The van der Waals surface area contributed by atoms with Crippen molar-refractivity contribution in [2.75, 3.05) is 0 Å². The zero-order chi connectivity index (χ0) is 13.8. The minimum Gasteiger partial charge on any atom is -0.414 e. The molecule has 0 saturated heterocycles. The van der Waals surface area contributed by atoms with Gasteiger partial charge in [-0.15, -0.1) is 0 Å². The number of nitrogens with two attached hydrogens (primary N) is 1. The van der Waals surface area contributed by atoms with Crippen molar-refractivity contribution in [3.05, 3.63) is 58.6 Å². The third-order valence-electron chi connectivity index (χ3n) is 2.51. The molecule has 1 aliphatic carbocycles. The first kappa shape index (κ1) is 13.1. The molecule has 19 heavy (non-hydrogen) atoms. The average molecular weight is 277 g/mol. The van der Waals surface area contributed by atoms with Crippen LogP contribution in [0.4, 0.5) is 4.79 Å². The molecule has 5 nitrogen and oxygen atoms in total. The van der Waals surface area contributed by atoms with Gasteiger partial charge in [0, 0.05) is 6.20 Å². The standard InChI is InChI=1S/C13H9ClN2O3/c14-9-4-5-10(16-6-9)12-8(7-17)2-1-3-11(12)19-13(15)18/h1-6,12H,(H2,15,18). The second-order valence-electron chi connectivity index (χ2n) is 3.74. The summed E-state index contributed by atoms with van der Waals surface area (Å²) in [5.41, 5.74) is 5.81. The lowest BCUT2D eigenvalue weighted by Crippen LogP contribution is -2.19. The van der Waals surface area contributed by atoms with E-state index in [1.165, 1.54) is 6.20 Å². The molecule has 2 N–H and O–H groups in total. The van der Waals surface area contributed by atoms with Crippen LogP contribution >= 0.6 is 11.6 Å². The summed E-state index contributed by atoms with van der Waals surface area (Å²) in [5.74, 6) is 1.41. The van der Waals surface area contributed by atoms with E-state index in [1.807, 2.05) is 0 Å². The van der Waals surface area contributed by atoms with Gasteiger partial charge in [-0.05, 0) is 24.3 Å². The predicted octanol–water partition coefficient (Wildman–Crippen LogP) is 2.13. The number of primary amides is 1. The summed E-state index contributed by atoms with van der Waals surface area (Å²) in [6.07, 6.45) is 5.18. The Labute approximate surface area is 114 Å². The Bertz CT molecular complexity index is 613. The fourth-order valence-electron chi connectivity index (χ4n) is 1.76. The number of ether oxygens (including phenoxy) is 1. The van der Waals surface area contributed by atoms with Gasteiger partial charge in [0.05, 0.1) is 22.2 Å². The third kappa shape index (κ3) is 2.91. The molecule has 2 rings (SSSR count).